The molecular weight excluding hydrogens is 228 g/mol. The summed E-state index contributed by atoms with van der Waals surface area (Å²) in [5.74, 6) is 0.807. The maximum atomic E-state index is 10.1. The minimum Gasteiger partial charge on any atom is -0.491 e. The third-order valence-corrected chi connectivity index (χ3v) is 2.86. The van der Waals surface area contributed by atoms with Crippen LogP contribution in [-0.4, -0.2) is 24.4 Å². The Hall–Kier alpha value is -1.06. The van der Waals surface area contributed by atoms with Crippen LogP contribution in [0.1, 0.15) is 45.3 Å². The van der Waals surface area contributed by atoms with Crippen LogP contribution in [0.4, 0.5) is 0 Å². The Bertz CT molecular complexity index is 349. The van der Waals surface area contributed by atoms with Gasteiger partial charge in [-0.1, -0.05) is 12.1 Å². The highest BCUT2D eigenvalue weighted by Gasteiger charge is 2.11. The first-order chi connectivity index (χ1) is 8.52. The molecule has 3 nitrogen and oxygen atoms in total. The predicted octanol–water partition coefficient (Wildman–Crippen LogP) is 3.32. The van der Waals surface area contributed by atoms with Gasteiger partial charge in [0.15, 0.2) is 0 Å². The molecule has 3 heteroatoms. The van der Waals surface area contributed by atoms with Crippen molar-refractivity contribution in [2.24, 2.45) is 0 Å². The maximum absolute atomic E-state index is 10.1. The van der Waals surface area contributed by atoms with E-state index in [4.69, 9.17) is 9.47 Å². The molecule has 18 heavy (non-hydrogen) atoms. The van der Waals surface area contributed by atoms with Gasteiger partial charge in [-0.2, -0.15) is 0 Å². The van der Waals surface area contributed by atoms with E-state index in [1.165, 1.54) is 0 Å². The van der Waals surface area contributed by atoms with Crippen molar-refractivity contribution in [1.29, 1.82) is 0 Å². The Morgan fingerprint density at radius 2 is 1.89 bits per heavy atom. The molecule has 0 aliphatic rings. The quantitative estimate of drug-likeness (QED) is 0.809. The van der Waals surface area contributed by atoms with Gasteiger partial charge in [-0.15, -0.1) is 0 Å². The van der Waals surface area contributed by atoms with Gasteiger partial charge in [0, 0.05) is 7.11 Å². The molecule has 0 spiro atoms. The molecule has 0 radical (unpaired) electrons. The van der Waals surface area contributed by atoms with Gasteiger partial charge < -0.3 is 14.6 Å². The van der Waals surface area contributed by atoms with Crippen molar-refractivity contribution >= 4 is 0 Å². The second-order valence-electron chi connectivity index (χ2n) is 4.88. The van der Waals surface area contributed by atoms with Gasteiger partial charge in [-0.05, 0) is 51.3 Å². The Morgan fingerprint density at radius 3 is 2.50 bits per heavy atom. The fraction of sp³-hybridized carbons (Fsp3) is 0.600. The molecule has 0 aliphatic carbocycles. The SMILES string of the molecule is COC(C)CCC(O)c1cccc(OC(C)C)c1. The molecule has 0 aromatic heterocycles. The molecule has 2 atom stereocenters. The van der Waals surface area contributed by atoms with Gasteiger partial charge in [-0.3, -0.25) is 0 Å². The van der Waals surface area contributed by atoms with Crippen molar-refractivity contribution in [1.82, 2.24) is 0 Å². The van der Waals surface area contributed by atoms with Crippen molar-refractivity contribution in [3.63, 3.8) is 0 Å². The molecule has 1 aromatic rings. The summed E-state index contributed by atoms with van der Waals surface area (Å²) in [6, 6.07) is 7.65. The maximum Gasteiger partial charge on any atom is 0.120 e. The highest BCUT2D eigenvalue weighted by Crippen LogP contribution is 2.24. The number of aliphatic hydroxyl groups is 1. The molecule has 1 aromatic carbocycles. The molecular formula is C15H24O3. The lowest BCUT2D eigenvalue weighted by atomic mass is 10.0. The summed E-state index contributed by atoms with van der Waals surface area (Å²) in [6.07, 6.45) is 1.39. The average Bonchev–Trinajstić information content (AvgIpc) is 2.35. The summed E-state index contributed by atoms with van der Waals surface area (Å²) in [4.78, 5) is 0. The van der Waals surface area contributed by atoms with E-state index in [0.717, 1.165) is 17.7 Å². The van der Waals surface area contributed by atoms with E-state index in [1.807, 2.05) is 45.0 Å². The lowest BCUT2D eigenvalue weighted by molar-refractivity contribution is 0.0850. The van der Waals surface area contributed by atoms with E-state index in [9.17, 15) is 5.11 Å². The summed E-state index contributed by atoms with van der Waals surface area (Å²) in [5, 5.41) is 10.1. The monoisotopic (exact) mass is 252 g/mol. The minimum atomic E-state index is -0.460. The first kappa shape index (κ1) is 15.0. The molecule has 1 N–H and O–H groups in total. The number of benzene rings is 1. The fourth-order valence-electron chi connectivity index (χ4n) is 1.74. The number of hydrogen-bond acceptors (Lipinski definition) is 3. The third kappa shape index (κ3) is 5.07. The van der Waals surface area contributed by atoms with Gasteiger partial charge in [0.05, 0.1) is 18.3 Å². The van der Waals surface area contributed by atoms with Gasteiger partial charge in [0.1, 0.15) is 5.75 Å². The van der Waals surface area contributed by atoms with E-state index < -0.39 is 6.10 Å². The topological polar surface area (TPSA) is 38.7 Å². The molecule has 1 rings (SSSR count). The van der Waals surface area contributed by atoms with Gasteiger partial charge in [0.25, 0.3) is 0 Å². The molecule has 0 fully saturated rings. The minimum absolute atomic E-state index is 0.144. The van der Waals surface area contributed by atoms with E-state index in [1.54, 1.807) is 7.11 Å². The molecule has 102 valence electrons. The zero-order chi connectivity index (χ0) is 13.5. The molecule has 0 aliphatic heterocycles. The fourth-order valence-corrected chi connectivity index (χ4v) is 1.74. The van der Waals surface area contributed by atoms with Crippen molar-refractivity contribution in [3.05, 3.63) is 29.8 Å². The highest BCUT2D eigenvalue weighted by molar-refractivity contribution is 5.30. The van der Waals surface area contributed by atoms with Crippen LogP contribution in [0.5, 0.6) is 5.75 Å². The lowest BCUT2D eigenvalue weighted by Gasteiger charge is -2.16. The van der Waals surface area contributed by atoms with Crippen LogP contribution in [0, 0.1) is 0 Å². The summed E-state index contributed by atoms with van der Waals surface area (Å²) in [5.41, 5.74) is 0.899. The average molecular weight is 252 g/mol. The Balaban J connectivity index is 2.59. The summed E-state index contributed by atoms with van der Waals surface area (Å²) < 4.78 is 10.8. The van der Waals surface area contributed by atoms with Crippen LogP contribution in [-0.2, 0) is 4.74 Å². The van der Waals surface area contributed by atoms with Crippen LogP contribution in [0.2, 0.25) is 0 Å². The zero-order valence-electron chi connectivity index (χ0n) is 11.7. The Morgan fingerprint density at radius 1 is 1.17 bits per heavy atom. The van der Waals surface area contributed by atoms with E-state index in [-0.39, 0.29) is 12.2 Å². The normalized spacial score (nSPS) is 14.6. The molecule has 0 amide bonds. The smallest absolute Gasteiger partial charge is 0.120 e. The zero-order valence-corrected chi connectivity index (χ0v) is 11.7. The standard InChI is InChI=1S/C15H24O3/c1-11(2)18-14-7-5-6-13(10-14)15(16)9-8-12(3)17-4/h5-7,10-12,15-16H,8-9H2,1-4H3. The number of methoxy groups -OCH3 is 1. The van der Waals surface area contributed by atoms with Gasteiger partial charge >= 0.3 is 0 Å². The third-order valence-electron chi connectivity index (χ3n) is 2.86. The van der Waals surface area contributed by atoms with Crippen LogP contribution < -0.4 is 4.74 Å². The van der Waals surface area contributed by atoms with Gasteiger partial charge in [-0.25, -0.2) is 0 Å². The van der Waals surface area contributed by atoms with Crippen LogP contribution >= 0.6 is 0 Å². The highest BCUT2D eigenvalue weighted by atomic mass is 16.5. The van der Waals surface area contributed by atoms with E-state index in [2.05, 4.69) is 0 Å². The van der Waals surface area contributed by atoms with Crippen molar-refractivity contribution < 1.29 is 14.6 Å². The predicted molar refractivity (Wildman–Crippen MR) is 72.9 cm³/mol. The second kappa shape index (κ2) is 7.39. The Labute approximate surface area is 110 Å². The molecule has 0 saturated heterocycles. The van der Waals surface area contributed by atoms with Crippen molar-refractivity contribution in [2.45, 2.75) is 51.9 Å². The van der Waals surface area contributed by atoms with Crippen molar-refractivity contribution in [2.75, 3.05) is 7.11 Å². The van der Waals surface area contributed by atoms with Crippen molar-refractivity contribution in [3.8, 4) is 5.75 Å². The molecule has 2 unspecified atom stereocenters. The molecule has 0 bridgehead atoms. The molecule has 0 heterocycles. The van der Waals surface area contributed by atoms with E-state index >= 15 is 0 Å². The van der Waals surface area contributed by atoms with Crippen LogP contribution in [0.25, 0.3) is 0 Å². The van der Waals surface area contributed by atoms with Crippen LogP contribution in [0.3, 0.4) is 0 Å². The number of hydrogen-bond donors (Lipinski definition) is 1. The van der Waals surface area contributed by atoms with Gasteiger partial charge in [0.2, 0.25) is 0 Å². The molecule has 0 saturated carbocycles. The first-order valence-corrected chi connectivity index (χ1v) is 6.50. The first-order valence-electron chi connectivity index (χ1n) is 6.50. The Kier molecular flexibility index (Phi) is 6.16. The van der Waals surface area contributed by atoms with E-state index in [0.29, 0.717) is 6.42 Å². The summed E-state index contributed by atoms with van der Waals surface area (Å²) >= 11 is 0. The second-order valence-corrected chi connectivity index (χ2v) is 4.88. The van der Waals surface area contributed by atoms with Crippen LogP contribution in [0.15, 0.2) is 24.3 Å². The summed E-state index contributed by atoms with van der Waals surface area (Å²) in [6.45, 7) is 5.98. The number of aliphatic hydroxyl groups excluding tert-OH is 1. The number of ether oxygens (including phenoxy) is 2. The number of rotatable bonds is 7. The summed E-state index contributed by atoms with van der Waals surface area (Å²) in [7, 11) is 1.69. The largest absolute Gasteiger partial charge is 0.491 e. The lowest BCUT2D eigenvalue weighted by Crippen LogP contribution is -2.09.